The number of carbonyl (C=O) groups is 2. The molecule has 2 N–H and O–H groups in total. The number of amides is 2. The number of carbonyl (C=O) groups excluding carboxylic acids is 2. The highest BCUT2D eigenvalue weighted by Gasteiger charge is 2.21. The lowest BCUT2D eigenvalue weighted by molar-refractivity contribution is -0.127. The highest BCUT2D eigenvalue weighted by atomic mass is 35.5. The summed E-state index contributed by atoms with van der Waals surface area (Å²) in [6.45, 7) is 6.89. The third kappa shape index (κ3) is 6.92. The van der Waals surface area contributed by atoms with E-state index in [0.717, 1.165) is 6.42 Å². The van der Waals surface area contributed by atoms with Crippen LogP contribution in [0.15, 0.2) is 34.0 Å². The zero-order valence-corrected chi connectivity index (χ0v) is 18.3. The van der Waals surface area contributed by atoms with E-state index in [-0.39, 0.29) is 23.4 Å². The van der Waals surface area contributed by atoms with Gasteiger partial charge in [0.25, 0.3) is 5.91 Å². The minimum atomic E-state index is -0.320. The predicted octanol–water partition coefficient (Wildman–Crippen LogP) is 1.36. The average molecular weight is 453 g/mol. The van der Waals surface area contributed by atoms with Crippen molar-refractivity contribution in [3.05, 3.63) is 39.7 Å². The summed E-state index contributed by atoms with van der Waals surface area (Å²) in [5.74, 6) is 0.379. The van der Waals surface area contributed by atoms with Crippen LogP contribution in [0.3, 0.4) is 0 Å². The van der Waals surface area contributed by atoms with E-state index in [4.69, 9.17) is 11.6 Å². The molecule has 30 heavy (non-hydrogen) atoms. The van der Waals surface area contributed by atoms with Crippen molar-refractivity contribution in [2.75, 3.05) is 19.1 Å². The molecule has 0 atom stereocenters. The fraction of sp³-hybridized carbons (Fsp3) is 0.444. The van der Waals surface area contributed by atoms with Crippen molar-refractivity contribution in [3.8, 4) is 0 Å². The smallest absolute Gasteiger partial charge is 0.273 e. The Labute approximate surface area is 184 Å². The highest BCUT2D eigenvalue weighted by Crippen LogP contribution is 2.12. The normalized spacial score (nSPS) is 11.5. The number of aryl methyl sites for hydroxylation is 1. The molecular weight excluding hydrogens is 428 g/mol. The van der Waals surface area contributed by atoms with E-state index in [0.29, 0.717) is 44.7 Å². The van der Waals surface area contributed by atoms with Gasteiger partial charge in [-0.25, -0.2) is 4.99 Å². The van der Waals surface area contributed by atoms with Crippen molar-refractivity contribution < 1.29 is 9.59 Å². The molecule has 0 bridgehead atoms. The molecule has 0 aliphatic heterocycles. The molecule has 2 heterocycles. The van der Waals surface area contributed by atoms with Crippen LogP contribution in [-0.4, -0.2) is 63.2 Å². The third-order valence-corrected chi connectivity index (χ3v) is 5.03. The van der Waals surface area contributed by atoms with Gasteiger partial charge in [0.2, 0.25) is 6.41 Å². The number of rotatable bonds is 14. The van der Waals surface area contributed by atoms with Crippen LogP contribution >= 0.6 is 22.9 Å². The number of hydrogen-bond donors (Lipinski definition) is 2. The van der Waals surface area contributed by atoms with Crippen molar-refractivity contribution in [2.45, 2.75) is 32.7 Å². The van der Waals surface area contributed by atoms with E-state index < -0.39 is 0 Å². The molecule has 2 rings (SSSR count). The van der Waals surface area contributed by atoms with Crippen LogP contribution < -0.4 is 10.6 Å². The molecule has 0 aliphatic rings. The number of alkyl halides is 1. The molecule has 0 saturated carbocycles. The summed E-state index contributed by atoms with van der Waals surface area (Å²) in [5, 5.41) is 19.7. The van der Waals surface area contributed by atoms with Gasteiger partial charge in [-0.1, -0.05) is 13.0 Å². The topological polar surface area (TPSA) is 117 Å². The van der Waals surface area contributed by atoms with Gasteiger partial charge in [-0.2, -0.15) is 4.80 Å². The Balaban J connectivity index is 1.99. The predicted molar refractivity (Wildman–Crippen MR) is 116 cm³/mol. The SMILES string of the molecule is C=N/C(NC=O)=C(\NCCl)C(=O)N(CCC)CCCn1nnc(Cc2cccs2)n1. The highest BCUT2D eigenvalue weighted by molar-refractivity contribution is 7.09. The van der Waals surface area contributed by atoms with Crippen LogP contribution in [0.4, 0.5) is 0 Å². The summed E-state index contributed by atoms with van der Waals surface area (Å²) in [5.41, 5.74) is 0.0951. The first-order valence-corrected chi connectivity index (χ1v) is 10.8. The van der Waals surface area contributed by atoms with Gasteiger partial charge in [0, 0.05) is 24.4 Å². The molecule has 0 unspecified atom stereocenters. The minimum absolute atomic E-state index is 0.0174. The van der Waals surface area contributed by atoms with E-state index in [9.17, 15) is 9.59 Å². The lowest BCUT2D eigenvalue weighted by Gasteiger charge is -2.24. The van der Waals surface area contributed by atoms with Crippen molar-refractivity contribution in [2.24, 2.45) is 4.99 Å². The van der Waals surface area contributed by atoms with Gasteiger partial charge >= 0.3 is 0 Å². The summed E-state index contributed by atoms with van der Waals surface area (Å²) >= 11 is 7.39. The number of nitrogens with one attached hydrogen (secondary N) is 2. The molecule has 0 spiro atoms. The number of nitrogens with zero attached hydrogens (tertiary/aromatic N) is 6. The van der Waals surface area contributed by atoms with Crippen molar-refractivity contribution in [1.29, 1.82) is 0 Å². The molecule has 0 radical (unpaired) electrons. The second kappa shape index (κ2) is 12.7. The van der Waals surface area contributed by atoms with Crippen LogP contribution in [0.2, 0.25) is 0 Å². The zero-order chi connectivity index (χ0) is 21.8. The summed E-state index contributed by atoms with van der Waals surface area (Å²) in [6, 6.07) is 4.01. The van der Waals surface area contributed by atoms with E-state index in [1.165, 1.54) is 9.67 Å². The van der Waals surface area contributed by atoms with E-state index in [1.807, 2.05) is 24.4 Å². The van der Waals surface area contributed by atoms with E-state index in [2.05, 4.69) is 37.8 Å². The molecule has 0 fully saturated rings. The maximum Gasteiger partial charge on any atom is 0.273 e. The van der Waals surface area contributed by atoms with Gasteiger partial charge in [-0.05, 0) is 36.2 Å². The number of tetrazole rings is 1. The summed E-state index contributed by atoms with van der Waals surface area (Å²) in [4.78, 5) is 31.9. The summed E-state index contributed by atoms with van der Waals surface area (Å²) in [6.07, 6.45) is 2.48. The fourth-order valence-electron chi connectivity index (χ4n) is 2.74. The van der Waals surface area contributed by atoms with Gasteiger partial charge in [0.15, 0.2) is 11.6 Å². The quantitative estimate of drug-likeness (QED) is 0.147. The number of thiophene rings is 1. The lowest BCUT2D eigenvalue weighted by atomic mass is 10.3. The number of aromatic nitrogens is 4. The van der Waals surface area contributed by atoms with E-state index in [1.54, 1.807) is 16.2 Å². The fourth-order valence-corrected chi connectivity index (χ4v) is 3.57. The first-order valence-electron chi connectivity index (χ1n) is 9.42. The summed E-state index contributed by atoms with van der Waals surface area (Å²) in [7, 11) is 0. The van der Waals surface area contributed by atoms with Crippen molar-refractivity contribution in [3.63, 3.8) is 0 Å². The van der Waals surface area contributed by atoms with Crippen molar-refractivity contribution in [1.82, 2.24) is 35.7 Å². The number of hydrogen-bond acceptors (Lipinski definition) is 8. The Morgan fingerprint density at radius 1 is 1.47 bits per heavy atom. The molecule has 162 valence electrons. The van der Waals surface area contributed by atoms with Gasteiger partial charge < -0.3 is 15.5 Å². The Bertz CT molecular complexity index is 852. The van der Waals surface area contributed by atoms with Gasteiger partial charge in [0.05, 0.1) is 12.5 Å². The summed E-state index contributed by atoms with van der Waals surface area (Å²) < 4.78 is 0. The van der Waals surface area contributed by atoms with Crippen LogP contribution in [0.25, 0.3) is 0 Å². The molecule has 2 aromatic heterocycles. The Morgan fingerprint density at radius 2 is 2.30 bits per heavy atom. The average Bonchev–Trinajstić information content (AvgIpc) is 3.42. The van der Waals surface area contributed by atoms with Crippen molar-refractivity contribution >= 4 is 42.0 Å². The Kier molecular flexibility index (Phi) is 9.95. The maximum atomic E-state index is 13.0. The molecular formula is C18H25ClN8O2S. The monoisotopic (exact) mass is 452 g/mol. The van der Waals surface area contributed by atoms with Gasteiger partial charge in [0.1, 0.15) is 5.70 Å². The lowest BCUT2D eigenvalue weighted by Crippen LogP contribution is -2.39. The minimum Gasteiger partial charge on any atom is -0.364 e. The molecule has 0 aliphatic carbocycles. The van der Waals surface area contributed by atoms with Crippen LogP contribution in [0.1, 0.15) is 30.5 Å². The maximum absolute atomic E-state index is 13.0. The van der Waals surface area contributed by atoms with Crippen LogP contribution in [0.5, 0.6) is 0 Å². The van der Waals surface area contributed by atoms with Crippen LogP contribution in [-0.2, 0) is 22.6 Å². The first kappa shape index (κ1) is 23.5. The van der Waals surface area contributed by atoms with Gasteiger partial charge in [-0.15, -0.1) is 33.1 Å². The number of aliphatic imine (C=N–C) groups is 1. The first-order chi connectivity index (χ1) is 14.6. The zero-order valence-electron chi connectivity index (χ0n) is 16.8. The second-order valence-electron chi connectivity index (χ2n) is 6.16. The Hall–Kier alpha value is -2.79. The third-order valence-electron chi connectivity index (χ3n) is 4.02. The molecule has 0 saturated heterocycles. The molecule has 10 nitrogen and oxygen atoms in total. The molecule has 12 heteroatoms. The standard InChI is InChI=1S/C18H25ClN8O2S/c1-3-7-26(18(29)16(21-12-19)17(20-2)22-13-28)8-5-9-27-24-15(23-25-27)11-14-6-4-10-30-14/h4,6,10,13,21H,2-3,5,7-9,11-12H2,1H3,(H,22,28)/b17-16+. The molecule has 0 aromatic carbocycles. The Morgan fingerprint density at radius 3 is 2.93 bits per heavy atom. The molecule has 2 amide bonds. The van der Waals surface area contributed by atoms with Gasteiger partial charge in [-0.3, -0.25) is 9.59 Å². The molecule has 2 aromatic rings. The van der Waals surface area contributed by atoms with E-state index >= 15 is 0 Å². The van der Waals surface area contributed by atoms with Crippen LogP contribution in [0, 0.1) is 0 Å². The largest absolute Gasteiger partial charge is 0.364 e. The number of halogens is 1. The second-order valence-corrected chi connectivity index (χ2v) is 7.46.